The molecule has 0 aromatic carbocycles. The van der Waals surface area contributed by atoms with E-state index in [1.54, 1.807) is 0 Å². The van der Waals surface area contributed by atoms with E-state index in [0.717, 1.165) is 13.2 Å². The van der Waals surface area contributed by atoms with Crippen LogP contribution < -0.4 is 5.32 Å². The zero-order chi connectivity index (χ0) is 11.1. The van der Waals surface area contributed by atoms with Gasteiger partial charge in [-0.25, -0.2) is 0 Å². The van der Waals surface area contributed by atoms with Gasteiger partial charge in [-0.3, -0.25) is 0 Å². The van der Waals surface area contributed by atoms with Crippen molar-refractivity contribution in [3.8, 4) is 0 Å². The SMILES string of the molecule is C1CCC(COCCCN2CCCC2)NC1. The Labute approximate surface area is 99.5 Å². The van der Waals surface area contributed by atoms with Gasteiger partial charge in [-0.05, 0) is 51.7 Å². The fourth-order valence-corrected chi connectivity index (χ4v) is 2.69. The first-order chi connectivity index (χ1) is 7.95. The minimum absolute atomic E-state index is 0.625. The molecule has 0 radical (unpaired) electrons. The molecule has 1 atom stereocenters. The minimum Gasteiger partial charge on any atom is -0.380 e. The summed E-state index contributed by atoms with van der Waals surface area (Å²) in [4.78, 5) is 2.56. The molecule has 0 amide bonds. The second-order valence-electron chi connectivity index (χ2n) is 5.12. The van der Waals surface area contributed by atoms with Crippen molar-refractivity contribution in [3.63, 3.8) is 0 Å². The molecule has 2 aliphatic heterocycles. The van der Waals surface area contributed by atoms with Crippen molar-refractivity contribution in [3.05, 3.63) is 0 Å². The number of nitrogens with one attached hydrogen (secondary N) is 1. The Balaban J connectivity index is 1.42. The van der Waals surface area contributed by atoms with E-state index in [0.29, 0.717) is 6.04 Å². The van der Waals surface area contributed by atoms with Crippen molar-refractivity contribution in [2.24, 2.45) is 0 Å². The van der Waals surface area contributed by atoms with Gasteiger partial charge in [0.1, 0.15) is 0 Å². The summed E-state index contributed by atoms with van der Waals surface area (Å²) in [6.45, 7) is 6.89. The molecular formula is C13H26N2O. The Morgan fingerprint density at radius 3 is 2.75 bits per heavy atom. The van der Waals surface area contributed by atoms with E-state index in [4.69, 9.17) is 4.74 Å². The van der Waals surface area contributed by atoms with Gasteiger partial charge in [-0.1, -0.05) is 6.42 Å². The molecule has 3 nitrogen and oxygen atoms in total. The lowest BCUT2D eigenvalue weighted by atomic mass is 10.1. The van der Waals surface area contributed by atoms with Gasteiger partial charge in [-0.15, -0.1) is 0 Å². The van der Waals surface area contributed by atoms with Crippen LogP contribution in [0, 0.1) is 0 Å². The van der Waals surface area contributed by atoms with Gasteiger partial charge >= 0.3 is 0 Å². The molecule has 1 unspecified atom stereocenters. The summed E-state index contributed by atoms with van der Waals surface area (Å²) in [5.41, 5.74) is 0. The molecule has 1 N–H and O–H groups in total. The number of hydrogen-bond donors (Lipinski definition) is 1. The highest BCUT2D eigenvalue weighted by atomic mass is 16.5. The summed E-state index contributed by atoms with van der Waals surface area (Å²) >= 11 is 0. The van der Waals surface area contributed by atoms with Crippen LogP contribution in [0.1, 0.15) is 38.5 Å². The second-order valence-corrected chi connectivity index (χ2v) is 5.12. The molecular weight excluding hydrogens is 200 g/mol. The van der Waals surface area contributed by atoms with Gasteiger partial charge in [0.25, 0.3) is 0 Å². The smallest absolute Gasteiger partial charge is 0.0619 e. The number of hydrogen-bond acceptors (Lipinski definition) is 3. The summed E-state index contributed by atoms with van der Waals surface area (Å²) in [6.07, 6.45) is 8.00. The van der Waals surface area contributed by atoms with E-state index in [-0.39, 0.29) is 0 Å². The highest BCUT2D eigenvalue weighted by Gasteiger charge is 2.13. The van der Waals surface area contributed by atoms with E-state index < -0.39 is 0 Å². The van der Waals surface area contributed by atoms with Gasteiger partial charge in [0.05, 0.1) is 6.61 Å². The van der Waals surface area contributed by atoms with Crippen molar-refractivity contribution in [1.82, 2.24) is 10.2 Å². The maximum Gasteiger partial charge on any atom is 0.0619 e. The number of ether oxygens (including phenoxy) is 1. The van der Waals surface area contributed by atoms with Gasteiger partial charge < -0.3 is 15.0 Å². The van der Waals surface area contributed by atoms with E-state index in [1.807, 2.05) is 0 Å². The summed E-state index contributed by atoms with van der Waals surface area (Å²) in [6, 6.07) is 0.625. The van der Waals surface area contributed by atoms with E-state index in [1.165, 1.54) is 64.7 Å². The maximum atomic E-state index is 5.74. The molecule has 2 heterocycles. The largest absolute Gasteiger partial charge is 0.380 e. The molecule has 0 bridgehead atoms. The van der Waals surface area contributed by atoms with Crippen molar-refractivity contribution in [2.45, 2.75) is 44.6 Å². The molecule has 3 heteroatoms. The van der Waals surface area contributed by atoms with Crippen LogP contribution in [0.25, 0.3) is 0 Å². The van der Waals surface area contributed by atoms with Crippen molar-refractivity contribution in [2.75, 3.05) is 39.4 Å². The number of rotatable bonds is 6. The molecule has 2 aliphatic rings. The number of likely N-dealkylation sites (tertiary alicyclic amines) is 1. The first-order valence-electron chi connectivity index (χ1n) is 6.98. The Bertz CT molecular complexity index is 175. The maximum absolute atomic E-state index is 5.74. The summed E-state index contributed by atoms with van der Waals surface area (Å²) in [5.74, 6) is 0. The first kappa shape index (κ1) is 12.3. The molecule has 16 heavy (non-hydrogen) atoms. The number of nitrogens with zero attached hydrogens (tertiary/aromatic N) is 1. The van der Waals surface area contributed by atoms with E-state index in [2.05, 4.69) is 10.2 Å². The lowest BCUT2D eigenvalue weighted by Gasteiger charge is -2.23. The zero-order valence-corrected chi connectivity index (χ0v) is 10.4. The van der Waals surface area contributed by atoms with Crippen molar-refractivity contribution in [1.29, 1.82) is 0 Å². The fourth-order valence-electron chi connectivity index (χ4n) is 2.69. The van der Waals surface area contributed by atoms with Crippen LogP contribution in [-0.4, -0.2) is 50.3 Å². The third kappa shape index (κ3) is 4.40. The Hall–Kier alpha value is -0.120. The minimum atomic E-state index is 0.625. The summed E-state index contributed by atoms with van der Waals surface area (Å²) < 4.78 is 5.74. The van der Waals surface area contributed by atoms with Crippen LogP contribution in [0.2, 0.25) is 0 Å². The summed E-state index contributed by atoms with van der Waals surface area (Å²) in [7, 11) is 0. The predicted molar refractivity (Wildman–Crippen MR) is 66.8 cm³/mol. The quantitative estimate of drug-likeness (QED) is 0.697. The molecule has 0 aromatic heterocycles. The zero-order valence-electron chi connectivity index (χ0n) is 10.4. The van der Waals surface area contributed by atoms with Crippen LogP contribution in [-0.2, 0) is 4.74 Å². The lowest BCUT2D eigenvalue weighted by molar-refractivity contribution is 0.0956. The number of piperidine rings is 1. The topological polar surface area (TPSA) is 24.5 Å². The average molecular weight is 226 g/mol. The first-order valence-corrected chi connectivity index (χ1v) is 6.98. The van der Waals surface area contributed by atoms with Crippen LogP contribution >= 0.6 is 0 Å². The molecule has 0 aliphatic carbocycles. The normalized spacial score (nSPS) is 27.4. The van der Waals surface area contributed by atoms with E-state index in [9.17, 15) is 0 Å². The lowest BCUT2D eigenvalue weighted by Crippen LogP contribution is -2.37. The molecule has 2 saturated heterocycles. The van der Waals surface area contributed by atoms with Crippen LogP contribution in [0.15, 0.2) is 0 Å². The molecule has 2 rings (SSSR count). The molecule has 94 valence electrons. The van der Waals surface area contributed by atoms with Crippen LogP contribution in [0.4, 0.5) is 0 Å². The highest BCUT2D eigenvalue weighted by molar-refractivity contribution is 4.71. The van der Waals surface area contributed by atoms with Crippen LogP contribution in [0.5, 0.6) is 0 Å². The van der Waals surface area contributed by atoms with E-state index >= 15 is 0 Å². The monoisotopic (exact) mass is 226 g/mol. The van der Waals surface area contributed by atoms with Crippen LogP contribution in [0.3, 0.4) is 0 Å². The third-order valence-electron chi connectivity index (χ3n) is 3.69. The fraction of sp³-hybridized carbons (Fsp3) is 1.00. The Morgan fingerprint density at radius 2 is 2.00 bits per heavy atom. The highest BCUT2D eigenvalue weighted by Crippen LogP contribution is 2.08. The van der Waals surface area contributed by atoms with Crippen molar-refractivity contribution >= 4 is 0 Å². The van der Waals surface area contributed by atoms with Gasteiger partial charge in [0.15, 0.2) is 0 Å². The Morgan fingerprint density at radius 1 is 1.12 bits per heavy atom. The van der Waals surface area contributed by atoms with Gasteiger partial charge in [0.2, 0.25) is 0 Å². The van der Waals surface area contributed by atoms with Crippen molar-refractivity contribution < 1.29 is 4.74 Å². The Kier molecular flexibility index (Phi) is 5.59. The van der Waals surface area contributed by atoms with Gasteiger partial charge in [0, 0.05) is 19.2 Å². The molecule has 0 spiro atoms. The third-order valence-corrected chi connectivity index (χ3v) is 3.69. The molecule has 0 aromatic rings. The van der Waals surface area contributed by atoms with Gasteiger partial charge in [-0.2, -0.15) is 0 Å². The predicted octanol–water partition coefficient (Wildman–Crippen LogP) is 1.63. The standard InChI is InChI=1S/C13H26N2O/c1-2-7-14-13(6-1)12-16-11-5-10-15-8-3-4-9-15/h13-14H,1-12H2. The average Bonchev–Trinajstić information content (AvgIpc) is 2.83. The molecule has 2 fully saturated rings. The summed E-state index contributed by atoms with van der Waals surface area (Å²) in [5, 5.41) is 3.52. The molecule has 0 saturated carbocycles. The second kappa shape index (κ2) is 7.25.